The SMILES string of the molecule is O=c1ccn(-c2cccc3c2ncn3Cc2ccccc2Cl)cc1OCc1ccccc1. The molecule has 0 amide bonds. The summed E-state index contributed by atoms with van der Waals surface area (Å²) < 4.78 is 9.76. The van der Waals surface area contributed by atoms with Crippen molar-refractivity contribution >= 4 is 22.6 Å². The standard InChI is InChI=1S/C26H20ClN3O2/c27-21-10-5-4-9-20(21)15-30-18-28-26-22(11-6-12-23(26)30)29-14-13-24(31)25(16-29)32-17-19-7-2-1-3-8-19/h1-14,16,18H,15,17H2. The number of para-hydroxylation sites is 1. The van der Waals surface area contributed by atoms with Crippen molar-refractivity contribution in [1.29, 1.82) is 0 Å². The van der Waals surface area contributed by atoms with Gasteiger partial charge in [-0.3, -0.25) is 4.79 Å². The summed E-state index contributed by atoms with van der Waals surface area (Å²) in [4.78, 5) is 17.0. The first-order valence-electron chi connectivity index (χ1n) is 10.3. The number of nitrogens with zero attached hydrogens (tertiary/aromatic N) is 3. The van der Waals surface area contributed by atoms with Gasteiger partial charge in [-0.1, -0.05) is 66.2 Å². The zero-order chi connectivity index (χ0) is 21.9. The highest BCUT2D eigenvalue weighted by Gasteiger charge is 2.11. The summed E-state index contributed by atoms with van der Waals surface area (Å²) in [5.74, 6) is 0.295. The number of ether oxygens (including phenoxy) is 1. The fourth-order valence-electron chi connectivity index (χ4n) is 3.67. The normalized spacial score (nSPS) is 11.0. The predicted molar refractivity (Wildman–Crippen MR) is 127 cm³/mol. The Bertz CT molecular complexity index is 1440. The van der Waals surface area contributed by atoms with Gasteiger partial charge in [0.2, 0.25) is 5.43 Å². The molecule has 0 saturated heterocycles. The molecule has 2 heterocycles. The second-order valence-electron chi connectivity index (χ2n) is 7.46. The minimum atomic E-state index is -0.159. The van der Waals surface area contributed by atoms with Crippen LogP contribution in [0.3, 0.4) is 0 Å². The number of pyridine rings is 1. The van der Waals surface area contributed by atoms with Crippen LogP contribution in [0.25, 0.3) is 16.7 Å². The second-order valence-corrected chi connectivity index (χ2v) is 7.87. The van der Waals surface area contributed by atoms with Crippen LogP contribution < -0.4 is 10.2 Å². The summed E-state index contributed by atoms with van der Waals surface area (Å²) in [6, 6.07) is 25.1. The molecule has 3 aromatic carbocycles. The molecular formula is C26H20ClN3O2. The largest absolute Gasteiger partial charge is 0.483 e. The van der Waals surface area contributed by atoms with Gasteiger partial charge in [0.05, 0.1) is 30.3 Å². The monoisotopic (exact) mass is 441 g/mol. The summed E-state index contributed by atoms with van der Waals surface area (Å²) >= 11 is 6.34. The average molecular weight is 442 g/mol. The summed E-state index contributed by atoms with van der Waals surface area (Å²) in [7, 11) is 0. The summed E-state index contributed by atoms with van der Waals surface area (Å²) in [6.45, 7) is 0.950. The van der Waals surface area contributed by atoms with E-state index in [-0.39, 0.29) is 5.43 Å². The number of fused-ring (bicyclic) bond motifs is 1. The molecule has 0 bridgehead atoms. The zero-order valence-electron chi connectivity index (χ0n) is 17.2. The molecule has 2 aromatic heterocycles. The van der Waals surface area contributed by atoms with Gasteiger partial charge in [-0.25, -0.2) is 4.98 Å². The Morgan fingerprint density at radius 1 is 0.906 bits per heavy atom. The van der Waals surface area contributed by atoms with Crippen molar-refractivity contribution in [3.05, 3.63) is 124 Å². The highest BCUT2D eigenvalue weighted by molar-refractivity contribution is 6.31. The maximum atomic E-state index is 12.4. The van der Waals surface area contributed by atoms with Gasteiger partial charge < -0.3 is 13.9 Å². The molecule has 158 valence electrons. The van der Waals surface area contributed by atoms with Gasteiger partial charge in [0.1, 0.15) is 12.1 Å². The molecule has 6 heteroatoms. The lowest BCUT2D eigenvalue weighted by Gasteiger charge is -2.11. The fourth-order valence-corrected chi connectivity index (χ4v) is 3.87. The number of hydrogen-bond acceptors (Lipinski definition) is 3. The highest BCUT2D eigenvalue weighted by atomic mass is 35.5. The third kappa shape index (κ3) is 4.03. The number of imidazole rings is 1. The molecule has 0 aliphatic heterocycles. The predicted octanol–water partition coefficient (Wildman–Crippen LogP) is 5.47. The molecule has 32 heavy (non-hydrogen) atoms. The lowest BCUT2D eigenvalue weighted by molar-refractivity contribution is 0.301. The van der Waals surface area contributed by atoms with Crippen LogP contribution in [-0.2, 0) is 13.2 Å². The van der Waals surface area contributed by atoms with Crippen LogP contribution in [0, 0.1) is 0 Å². The molecule has 5 nitrogen and oxygen atoms in total. The summed E-state index contributed by atoms with van der Waals surface area (Å²) in [5.41, 5.74) is 4.55. The van der Waals surface area contributed by atoms with E-state index in [0.29, 0.717) is 18.9 Å². The quantitative estimate of drug-likeness (QED) is 0.351. The number of aromatic nitrogens is 3. The molecule has 0 N–H and O–H groups in total. The Kier molecular flexibility index (Phi) is 5.48. The molecule has 0 atom stereocenters. The Labute approximate surface area is 190 Å². The molecule has 0 aliphatic carbocycles. The van der Waals surface area contributed by atoms with Crippen molar-refractivity contribution in [3.63, 3.8) is 0 Å². The van der Waals surface area contributed by atoms with Crippen LogP contribution in [-0.4, -0.2) is 14.1 Å². The third-order valence-electron chi connectivity index (χ3n) is 5.33. The molecular weight excluding hydrogens is 422 g/mol. The number of halogens is 1. The Morgan fingerprint density at radius 3 is 2.56 bits per heavy atom. The van der Waals surface area contributed by atoms with E-state index >= 15 is 0 Å². The van der Waals surface area contributed by atoms with E-state index in [2.05, 4.69) is 9.55 Å². The Hall–Kier alpha value is -3.83. The van der Waals surface area contributed by atoms with Gasteiger partial charge in [0, 0.05) is 17.3 Å². The van der Waals surface area contributed by atoms with Crippen LogP contribution in [0.5, 0.6) is 5.75 Å². The van der Waals surface area contributed by atoms with E-state index in [9.17, 15) is 4.79 Å². The van der Waals surface area contributed by atoms with Gasteiger partial charge in [-0.2, -0.15) is 0 Å². The Balaban J connectivity index is 1.48. The molecule has 0 unspecified atom stereocenters. The van der Waals surface area contributed by atoms with E-state index in [1.54, 1.807) is 12.4 Å². The minimum Gasteiger partial charge on any atom is -0.483 e. The van der Waals surface area contributed by atoms with Gasteiger partial charge >= 0.3 is 0 Å². The smallest absolute Gasteiger partial charge is 0.223 e. The maximum absolute atomic E-state index is 12.4. The van der Waals surface area contributed by atoms with E-state index in [1.165, 1.54) is 6.07 Å². The molecule has 5 rings (SSSR count). The van der Waals surface area contributed by atoms with Crippen LogP contribution >= 0.6 is 11.6 Å². The number of benzene rings is 3. The van der Waals surface area contributed by atoms with Crippen LogP contribution in [0.2, 0.25) is 5.02 Å². The van der Waals surface area contributed by atoms with Gasteiger partial charge in [0.15, 0.2) is 5.75 Å². The topological polar surface area (TPSA) is 49.0 Å². The maximum Gasteiger partial charge on any atom is 0.223 e. The van der Waals surface area contributed by atoms with Crippen LogP contribution in [0.4, 0.5) is 0 Å². The molecule has 0 saturated carbocycles. The Morgan fingerprint density at radius 2 is 1.72 bits per heavy atom. The first kappa shape index (κ1) is 20.1. The van der Waals surface area contributed by atoms with E-state index in [4.69, 9.17) is 16.3 Å². The van der Waals surface area contributed by atoms with E-state index < -0.39 is 0 Å². The summed E-state index contributed by atoms with van der Waals surface area (Å²) in [5, 5.41) is 0.728. The average Bonchev–Trinajstić information content (AvgIpc) is 3.24. The molecule has 0 fully saturated rings. The minimum absolute atomic E-state index is 0.159. The molecule has 0 aliphatic rings. The van der Waals surface area contributed by atoms with Crippen molar-refractivity contribution in [3.8, 4) is 11.4 Å². The summed E-state index contributed by atoms with van der Waals surface area (Å²) in [6.07, 6.45) is 5.26. The van der Waals surface area contributed by atoms with Crippen molar-refractivity contribution in [1.82, 2.24) is 14.1 Å². The molecule has 0 spiro atoms. The van der Waals surface area contributed by atoms with E-state index in [1.807, 2.05) is 83.7 Å². The lowest BCUT2D eigenvalue weighted by atomic mass is 10.2. The lowest BCUT2D eigenvalue weighted by Crippen LogP contribution is -2.10. The first-order valence-corrected chi connectivity index (χ1v) is 10.6. The molecule has 5 aromatic rings. The number of rotatable bonds is 6. The van der Waals surface area contributed by atoms with Crippen molar-refractivity contribution in [2.45, 2.75) is 13.2 Å². The van der Waals surface area contributed by atoms with Crippen molar-refractivity contribution in [2.24, 2.45) is 0 Å². The van der Waals surface area contributed by atoms with Crippen molar-refractivity contribution < 1.29 is 4.74 Å². The zero-order valence-corrected chi connectivity index (χ0v) is 17.9. The fraction of sp³-hybridized carbons (Fsp3) is 0.0769. The van der Waals surface area contributed by atoms with E-state index in [0.717, 1.165) is 32.9 Å². The van der Waals surface area contributed by atoms with Crippen molar-refractivity contribution in [2.75, 3.05) is 0 Å². The third-order valence-corrected chi connectivity index (χ3v) is 5.70. The van der Waals surface area contributed by atoms with Gasteiger partial charge in [-0.05, 0) is 29.3 Å². The number of hydrogen-bond donors (Lipinski definition) is 0. The molecule has 0 radical (unpaired) electrons. The second kappa shape index (κ2) is 8.73. The first-order chi connectivity index (χ1) is 15.7. The van der Waals surface area contributed by atoms with Crippen LogP contribution in [0.15, 0.2) is 102 Å². The van der Waals surface area contributed by atoms with Crippen LogP contribution in [0.1, 0.15) is 11.1 Å². The highest BCUT2D eigenvalue weighted by Crippen LogP contribution is 2.24. The van der Waals surface area contributed by atoms with Gasteiger partial charge in [0.25, 0.3) is 0 Å². The van der Waals surface area contributed by atoms with Gasteiger partial charge in [-0.15, -0.1) is 0 Å².